The molecule has 0 heterocycles. The number of hydrogen-bond acceptors (Lipinski definition) is 5. The summed E-state index contributed by atoms with van der Waals surface area (Å²) in [5.74, 6) is 0.669. The third-order valence-electron chi connectivity index (χ3n) is 3.75. The molecule has 2 rings (SSSR count). The zero-order chi connectivity index (χ0) is 18.4. The van der Waals surface area contributed by atoms with Crippen LogP contribution in [0.1, 0.15) is 11.1 Å². The van der Waals surface area contributed by atoms with E-state index < -0.39 is 10.0 Å². The van der Waals surface area contributed by atoms with Gasteiger partial charge in [0.25, 0.3) is 10.0 Å². The summed E-state index contributed by atoms with van der Waals surface area (Å²) < 4.78 is 38.2. The van der Waals surface area contributed by atoms with E-state index in [0.29, 0.717) is 30.2 Å². The van der Waals surface area contributed by atoms with E-state index in [4.69, 9.17) is 9.47 Å². The van der Waals surface area contributed by atoms with Crippen LogP contribution in [0.15, 0.2) is 41.3 Å². The zero-order valence-electron chi connectivity index (χ0n) is 14.9. The first-order valence-corrected chi connectivity index (χ1v) is 9.36. The second kappa shape index (κ2) is 8.22. The first-order valence-electron chi connectivity index (χ1n) is 7.88. The monoisotopic (exact) mass is 364 g/mol. The summed E-state index contributed by atoms with van der Waals surface area (Å²) in [6.07, 6.45) is 0. The van der Waals surface area contributed by atoms with Gasteiger partial charge in [-0.3, -0.25) is 4.72 Å². The SMILES string of the molecule is COCCNc1ccc(NS(=O)(=O)c2cc(C)c(OC)cc2C)cc1. The van der Waals surface area contributed by atoms with Crippen molar-refractivity contribution in [1.82, 2.24) is 0 Å². The molecule has 0 aliphatic rings. The Kier molecular flexibility index (Phi) is 6.27. The quantitative estimate of drug-likeness (QED) is 0.704. The van der Waals surface area contributed by atoms with E-state index >= 15 is 0 Å². The molecule has 0 amide bonds. The van der Waals surface area contributed by atoms with E-state index in [-0.39, 0.29) is 4.90 Å². The normalized spacial score (nSPS) is 11.2. The maximum Gasteiger partial charge on any atom is 0.262 e. The van der Waals surface area contributed by atoms with Gasteiger partial charge in [-0.25, -0.2) is 8.42 Å². The molecule has 0 saturated carbocycles. The third kappa shape index (κ3) is 4.87. The molecule has 0 fully saturated rings. The molecular formula is C18H24N2O4S. The lowest BCUT2D eigenvalue weighted by Crippen LogP contribution is -2.15. The molecule has 6 nitrogen and oxygen atoms in total. The van der Waals surface area contributed by atoms with Crippen molar-refractivity contribution in [3.63, 3.8) is 0 Å². The van der Waals surface area contributed by atoms with Gasteiger partial charge in [0.1, 0.15) is 5.75 Å². The maximum atomic E-state index is 12.7. The van der Waals surface area contributed by atoms with Gasteiger partial charge in [0, 0.05) is 25.0 Å². The molecule has 7 heteroatoms. The topological polar surface area (TPSA) is 76.7 Å². The van der Waals surface area contributed by atoms with Crippen molar-refractivity contribution in [2.24, 2.45) is 0 Å². The molecule has 0 unspecified atom stereocenters. The van der Waals surface area contributed by atoms with Crippen molar-refractivity contribution in [2.45, 2.75) is 18.7 Å². The van der Waals surface area contributed by atoms with Crippen molar-refractivity contribution >= 4 is 21.4 Å². The Morgan fingerprint density at radius 2 is 1.60 bits per heavy atom. The Hall–Kier alpha value is -2.25. The lowest BCUT2D eigenvalue weighted by atomic mass is 10.1. The van der Waals surface area contributed by atoms with Crippen molar-refractivity contribution in [3.8, 4) is 5.75 Å². The number of nitrogens with one attached hydrogen (secondary N) is 2. The van der Waals surface area contributed by atoms with Crippen molar-refractivity contribution in [2.75, 3.05) is 37.4 Å². The van der Waals surface area contributed by atoms with Gasteiger partial charge in [0.15, 0.2) is 0 Å². The van der Waals surface area contributed by atoms with Crippen LogP contribution in [0.2, 0.25) is 0 Å². The largest absolute Gasteiger partial charge is 0.496 e. The maximum absolute atomic E-state index is 12.7. The molecule has 0 spiro atoms. The number of anilines is 2. The highest BCUT2D eigenvalue weighted by Gasteiger charge is 2.19. The van der Waals surface area contributed by atoms with Crippen LogP contribution in [0.4, 0.5) is 11.4 Å². The van der Waals surface area contributed by atoms with Crippen LogP contribution in [0.25, 0.3) is 0 Å². The summed E-state index contributed by atoms with van der Waals surface area (Å²) in [6, 6.07) is 10.4. The number of sulfonamides is 1. The van der Waals surface area contributed by atoms with Gasteiger partial charge in [-0.05, 0) is 61.4 Å². The second-order valence-electron chi connectivity index (χ2n) is 5.69. The first kappa shape index (κ1) is 19.1. The number of hydrogen-bond donors (Lipinski definition) is 2. The molecule has 0 aliphatic heterocycles. The second-order valence-corrected chi connectivity index (χ2v) is 7.34. The average molecular weight is 364 g/mol. The molecule has 136 valence electrons. The van der Waals surface area contributed by atoms with Gasteiger partial charge in [-0.15, -0.1) is 0 Å². The van der Waals surface area contributed by atoms with Gasteiger partial charge in [0.05, 0.1) is 18.6 Å². The molecule has 0 aromatic heterocycles. The van der Waals surface area contributed by atoms with Crippen molar-refractivity contribution in [1.29, 1.82) is 0 Å². The highest BCUT2D eigenvalue weighted by Crippen LogP contribution is 2.27. The summed E-state index contributed by atoms with van der Waals surface area (Å²) in [5, 5.41) is 3.18. The first-order chi connectivity index (χ1) is 11.9. The minimum absolute atomic E-state index is 0.244. The van der Waals surface area contributed by atoms with E-state index in [1.165, 1.54) is 0 Å². The van der Waals surface area contributed by atoms with E-state index in [9.17, 15) is 8.42 Å². The Bertz CT molecular complexity index is 818. The summed E-state index contributed by atoms with van der Waals surface area (Å²) >= 11 is 0. The van der Waals surface area contributed by atoms with Crippen LogP contribution in [-0.2, 0) is 14.8 Å². The molecule has 2 N–H and O–H groups in total. The molecule has 0 aliphatic carbocycles. The smallest absolute Gasteiger partial charge is 0.262 e. The third-order valence-corrected chi connectivity index (χ3v) is 5.28. The zero-order valence-corrected chi connectivity index (χ0v) is 15.7. The van der Waals surface area contributed by atoms with E-state index in [0.717, 1.165) is 11.3 Å². The Morgan fingerprint density at radius 3 is 2.20 bits per heavy atom. The van der Waals surface area contributed by atoms with E-state index in [1.54, 1.807) is 45.4 Å². The summed E-state index contributed by atoms with van der Waals surface area (Å²) in [6.45, 7) is 4.85. The van der Waals surface area contributed by atoms with Crippen molar-refractivity contribution < 1.29 is 17.9 Å². The molecule has 25 heavy (non-hydrogen) atoms. The van der Waals surface area contributed by atoms with Gasteiger partial charge in [0.2, 0.25) is 0 Å². The standard InChI is InChI=1S/C18H24N2O4S/c1-13-12-18(14(2)11-17(13)24-4)25(21,22)20-16-7-5-15(6-8-16)19-9-10-23-3/h5-8,11-12,19-20H,9-10H2,1-4H3. The predicted octanol–water partition coefficient (Wildman–Crippen LogP) is 3.17. The van der Waals surface area contributed by atoms with Crippen LogP contribution in [0.3, 0.4) is 0 Å². The molecule has 0 radical (unpaired) electrons. The van der Waals surface area contributed by atoms with Crippen LogP contribution in [0, 0.1) is 13.8 Å². The van der Waals surface area contributed by atoms with Crippen molar-refractivity contribution in [3.05, 3.63) is 47.5 Å². The fraction of sp³-hybridized carbons (Fsp3) is 0.333. The van der Waals surface area contributed by atoms with Gasteiger partial charge in [-0.2, -0.15) is 0 Å². The highest BCUT2D eigenvalue weighted by atomic mass is 32.2. The number of aryl methyl sites for hydroxylation is 2. The minimum Gasteiger partial charge on any atom is -0.496 e. The van der Waals surface area contributed by atoms with Crippen LogP contribution >= 0.6 is 0 Å². The minimum atomic E-state index is -3.67. The molecular weight excluding hydrogens is 340 g/mol. The Morgan fingerprint density at radius 1 is 0.960 bits per heavy atom. The number of methoxy groups -OCH3 is 2. The fourth-order valence-electron chi connectivity index (χ4n) is 2.44. The molecule has 2 aromatic carbocycles. The predicted molar refractivity (Wildman–Crippen MR) is 100 cm³/mol. The van der Waals surface area contributed by atoms with Gasteiger partial charge >= 0.3 is 0 Å². The molecule has 0 atom stereocenters. The summed E-state index contributed by atoms with van der Waals surface area (Å²) in [4.78, 5) is 0.244. The Balaban J connectivity index is 2.17. The molecule has 2 aromatic rings. The lowest BCUT2D eigenvalue weighted by molar-refractivity contribution is 0.211. The van der Waals surface area contributed by atoms with Crippen LogP contribution in [0.5, 0.6) is 5.75 Å². The molecule has 0 saturated heterocycles. The number of rotatable bonds is 8. The Labute approximate surface area is 149 Å². The molecule has 0 bridgehead atoms. The average Bonchev–Trinajstić information content (AvgIpc) is 2.58. The van der Waals surface area contributed by atoms with Crippen LogP contribution in [-0.4, -0.2) is 35.8 Å². The van der Waals surface area contributed by atoms with E-state index in [1.807, 2.05) is 19.1 Å². The summed E-state index contributed by atoms with van der Waals surface area (Å²) in [5.41, 5.74) is 2.81. The number of ether oxygens (including phenoxy) is 2. The summed E-state index contributed by atoms with van der Waals surface area (Å²) in [7, 11) is -0.464. The van der Waals surface area contributed by atoms with Gasteiger partial charge in [-0.1, -0.05) is 0 Å². The lowest BCUT2D eigenvalue weighted by Gasteiger charge is -2.14. The van der Waals surface area contributed by atoms with Gasteiger partial charge < -0.3 is 14.8 Å². The van der Waals surface area contributed by atoms with Crippen LogP contribution < -0.4 is 14.8 Å². The number of benzene rings is 2. The highest BCUT2D eigenvalue weighted by molar-refractivity contribution is 7.92. The van der Waals surface area contributed by atoms with E-state index in [2.05, 4.69) is 10.0 Å². The fourth-order valence-corrected chi connectivity index (χ4v) is 3.81.